The molecule has 0 spiro atoms. The monoisotopic (exact) mass is 358 g/mol. The molecule has 0 radical (unpaired) electrons. The zero-order valence-electron chi connectivity index (χ0n) is 14.4. The second kappa shape index (κ2) is 6.98. The largest absolute Gasteiger partial charge is 0.349 e. The molecule has 1 amide bonds. The molecule has 0 aliphatic heterocycles. The van der Waals surface area contributed by atoms with Gasteiger partial charge in [0.1, 0.15) is 0 Å². The molecule has 2 aromatic carbocycles. The number of carbonyl (C=O) groups is 1. The fourth-order valence-electron chi connectivity index (χ4n) is 2.49. The van der Waals surface area contributed by atoms with Crippen LogP contribution in [0.5, 0.6) is 0 Å². The Morgan fingerprint density at radius 3 is 2.24 bits per heavy atom. The first-order valence-electron chi connectivity index (χ1n) is 8.29. The van der Waals surface area contributed by atoms with Crippen LogP contribution in [0.3, 0.4) is 0 Å². The van der Waals surface area contributed by atoms with Crippen molar-refractivity contribution in [2.75, 3.05) is 7.05 Å². The molecule has 6 heteroatoms. The summed E-state index contributed by atoms with van der Waals surface area (Å²) in [4.78, 5) is 12.3. The van der Waals surface area contributed by atoms with Gasteiger partial charge in [0.25, 0.3) is 5.91 Å². The summed E-state index contributed by atoms with van der Waals surface area (Å²) in [5, 5.41) is 2.94. The number of aryl methyl sites for hydroxylation is 1. The van der Waals surface area contributed by atoms with E-state index in [1.807, 2.05) is 6.92 Å². The van der Waals surface area contributed by atoms with Crippen LogP contribution in [0.25, 0.3) is 0 Å². The summed E-state index contributed by atoms with van der Waals surface area (Å²) >= 11 is 0. The Morgan fingerprint density at radius 1 is 1.08 bits per heavy atom. The van der Waals surface area contributed by atoms with Gasteiger partial charge in [-0.3, -0.25) is 4.79 Å². The summed E-state index contributed by atoms with van der Waals surface area (Å²) in [7, 11) is -1.98. The summed E-state index contributed by atoms with van der Waals surface area (Å²) in [6, 6.07) is 14.2. The van der Waals surface area contributed by atoms with Gasteiger partial charge >= 0.3 is 0 Å². The summed E-state index contributed by atoms with van der Waals surface area (Å²) in [6.07, 6.45) is 2.09. The lowest BCUT2D eigenvalue weighted by atomic mass is 10.1. The Kier molecular flexibility index (Phi) is 4.92. The van der Waals surface area contributed by atoms with Gasteiger partial charge in [-0.1, -0.05) is 29.8 Å². The number of hydrogen-bond acceptors (Lipinski definition) is 3. The molecular weight excluding hydrogens is 336 g/mol. The lowest BCUT2D eigenvalue weighted by Crippen LogP contribution is -2.27. The van der Waals surface area contributed by atoms with Crippen molar-refractivity contribution in [1.82, 2.24) is 9.62 Å². The van der Waals surface area contributed by atoms with Crippen molar-refractivity contribution in [2.24, 2.45) is 0 Å². The Balaban J connectivity index is 1.68. The quantitative estimate of drug-likeness (QED) is 0.863. The molecule has 0 atom stereocenters. The van der Waals surface area contributed by atoms with Gasteiger partial charge in [0, 0.05) is 25.2 Å². The molecule has 3 rings (SSSR count). The number of amides is 1. The second-order valence-corrected chi connectivity index (χ2v) is 8.56. The molecule has 25 heavy (non-hydrogen) atoms. The number of nitrogens with one attached hydrogen (secondary N) is 1. The first kappa shape index (κ1) is 17.6. The van der Waals surface area contributed by atoms with Gasteiger partial charge in [-0.2, -0.15) is 4.31 Å². The minimum Gasteiger partial charge on any atom is -0.349 e. The molecular formula is C19H22N2O3S. The molecule has 1 aliphatic carbocycles. The fourth-order valence-corrected chi connectivity index (χ4v) is 3.65. The van der Waals surface area contributed by atoms with Crippen molar-refractivity contribution < 1.29 is 13.2 Å². The third-order valence-corrected chi connectivity index (χ3v) is 6.08. The number of sulfonamides is 1. The van der Waals surface area contributed by atoms with E-state index in [0.717, 1.165) is 24.0 Å². The molecule has 5 nitrogen and oxygen atoms in total. The van der Waals surface area contributed by atoms with Crippen LogP contribution in [-0.4, -0.2) is 31.7 Å². The smallest absolute Gasteiger partial charge is 0.251 e. The normalized spacial score (nSPS) is 14.5. The molecule has 1 N–H and O–H groups in total. The van der Waals surface area contributed by atoms with Crippen molar-refractivity contribution in [2.45, 2.75) is 37.2 Å². The number of hydrogen-bond donors (Lipinski definition) is 1. The summed E-state index contributed by atoms with van der Waals surface area (Å²) in [5.74, 6) is -0.0744. The average molecular weight is 358 g/mol. The average Bonchev–Trinajstić information content (AvgIpc) is 3.39. The van der Waals surface area contributed by atoms with E-state index in [9.17, 15) is 13.2 Å². The number of carbonyl (C=O) groups excluding carboxylic acids is 1. The van der Waals surface area contributed by atoms with Gasteiger partial charge < -0.3 is 5.32 Å². The predicted octanol–water partition coefficient (Wildman–Crippen LogP) is 2.71. The minimum absolute atomic E-state index is 0.0744. The molecule has 2 aromatic rings. The number of rotatable bonds is 6. The van der Waals surface area contributed by atoms with Crippen LogP contribution in [0.15, 0.2) is 53.4 Å². The van der Waals surface area contributed by atoms with Crippen LogP contribution in [0, 0.1) is 6.92 Å². The van der Waals surface area contributed by atoms with E-state index in [-0.39, 0.29) is 17.3 Å². The van der Waals surface area contributed by atoms with Gasteiger partial charge in [0.2, 0.25) is 10.0 Å². The van der Waals surface area contributed by atoms with E-state index in [2.05, 4.69) is 5.32 Å². The van der Waals surface area contributed by atoms with Crippen LogP contribution < -0.4 is 5.32 Å². The maximum atomic E-state index is 12.6. The van der Waals surface area contributed by atoms with Crippen LogP contribution in [-0.2, 0) is 16.6 Å². The zero-order chi connectivity index (χ0) is 18.0. The van der Waals surface area contributed by atoms with E-state index < -0.39 is 10.0 Å². The highest BCUT2D eigenvalue weighted by atomic mass is 32.2. The van der Waals surface area contributed by atoms with Crippen LogP contribution in [0.4, 0.5) is 0 Å². The first-order chi connectivity index (χ1) is 11.9. The molecule has 0 unspecified atom stereocenters. The highest BCUT2D eigenvalue weighted by Crippen LogP contribution is 2.20. The lowest BCUT2D eigenvalue weighted by molar-refractivity contribution is 0.0951. The Morgan fingerprint density at radius 2 is 1.68 bits per heavy atom. The van der Waals surface area contributed by atoms with Gasteiger partial charge in [0.15, 0.2) is 0 Å². The van der Waals surface area contributed by atoms with Crippen molar-refractivity contribution in [1.29, 1.82) is 0 Å². The summed E-state index contributed by atoms with van der Waals surface area (Å²) in [6.45, 7) is 2.17. The van der Waals surface area contributed by atoms with Crippen molar-refractivity contribution in [3.05, 3.63) is 65.2 Å². The molecule has 0 saturated heterocycles. The fraction of sp³-hybridized carbons (Fsp3) is 0.316. The molecule has 1 fully saturated rings. The lowest BCUT2D eigenvalue weighted by Gasteiger charge is -2.17. The molecule has 0 heterocycles. The Hall–Kier alpha value is -2.18. The Labute approximate surface area is 148 Å². The van der Waals surface area contributed by atoms with E-state index in [0.29, 0.717) is 11.6 Å². The highest BCUT2D eigenvalue weighted by Gasteiger charge is 2.24. The number of nitrogens with zero attached hydrogens (tertiary/aromatic N) is 1. The third-order valence-electron chi connectivity index (χ3n) is 4.26. The maximum Gasteiger partial charge on any atom is 0.251 e. The maximum absolute atomic E-state index is 12.6. The minimum atomic E-state index is -3.53. The zero-order valence-corrected chi connectivity index (χ0v) is 15.2. The van der Waals surface area contributed by atoms with E-state index in [1.54, 1.807) is 55.6 Å². The van der Waals surface area contributed by atoms with Crippen LogP contribution in [0.1, 0.15) is 34.3 Å². The third kappa shape index (κ3) is 4.27. The van der Waals surface area contributed by atoms with E-state index in [4.69, 9.17) is 0 Å². The molecule has 0 bridgehead atoms. The standard InChI is InChI=1S/C19H22N2O3S/c1-14-3-11-18(12-4-14)25(23,24)21(2)13-15-5-7-16(8-6-15)19(22)20-17-9-10-17/h3-8,11-12,17H,9-10,13H2,1-2H3,(H,20,22). The van der Waals surface area contributed by atoms with Crippen LogP contribution >= 0.6 is 0 Å². The van der Waals surface area contributed by atoms with E-state index >= 15 is 0 Å². The number of benzene rings is 2. The van der Waals surface area contributed by atoms with Crippen molar-refractivity contribution >= 4 is 15.9 Å². The van der Waals surface area contributed by atoms with Gasteiger partial charge in [-0.05, 0) is 49.6 Å². The van der Waals surface area contributed by atoms with Crippen molar-refractivity contribution in [3.63, 3.8) is 0 Å². The topological polar surface area (TPSA) is 66.5 Å². The second-order valence-electron chi connectivity index (χ2n) is 6.52. The SMILES string of the molecule is Cc1ccc(S(=O)(=O)N(C)Cc2ccc(C(=O)NC3CC3)cc2)cc1. The van der Waals surface area contributed by atoms with E-state index in [1.165, 1.54) is 4.31 Å². The summed E-state index contributed by atoms with van der Waals surface area (Å²) in [5.41, 5.74) is 2.45. The predicted molar refractivity (Wildman–Crippen MR) is 96.8 cm³/mol. The molecule has 1 saturated carbocycles. The molecule has 0 aromatic heterocycles. The highest BCUT2D eigenvalue weighted by molar-refractivity contribution is 7.89. The van der Waals surface area contributed by atoms with Gasteiger partial charge in [-0.25, -0.2) is 8.42 Å². The van der Waals surface area contributed by atoms with Crippen molar-refractivity contribution in [3.8, 4) is 0 Å². The van der Waals surface area contributed by atoms with Gasteiger partial charge in [0.05, 0.1) is 4.90 Å². The van der Waals surface area contributed by atoms with Crippen LogP contribution in [0.2, 0.25) is 0 Å². The summed E-state index contributed by atoms with van der Waals surface area (Å²) < 4.78 is 26.5. The Bertz CT molecular complexity index is 855. The first-order valence-corrected chi connectivity index (χ1v) is 9.73. The van der Waals surface area contributed by atoms with Gasteiger partial charge in [-0.15, -0.1) is 0 Å². The molecule has 1 aliphatic rings. The molecule has 132 valence electrons.